The molecule has 11 heteroatoms. The van der Waals surface area contributed by atoms with Crippen LogP contribution in [0.1, 0.15) is 170 Å². The molecule has 0 spiro atoms. The lowest BCUT2D eigenvalue weighted by Crippen LogP contribution is -2.51. The second-order valence-electron chi connectivity index (χ2n) is 18.4. The Labute approximate surface area is 363 Å². The highest BCUT2D eigenvalue weighted by Gasteiger charge is 2.46. The number of benzene rings is 1. The highest BCUT2D eigenvalue weighted by molar-refractivity contribution is 5.95. The molecule has 60 heavy (non-hydrogen) atoms. The van der Waals surface area contributed by atoms with Crippen LogP contribution in [0.25, 0.3) is 0 Å². The van der Waals surface area contributed by atoms with E-state index in [1.165, 1.54) is 56.9 Å². The molecule has 0 radical (unpaired) electrons. The van der Waals surface area contributed by atoms with Crippen molar-refractivity contribution in [1.82, 2.24) is 4.90 Å². The van der Waals surface area contributed by atoms with Gasteiger partial charge in [-0.1, -0.05) is 120 Å². The summed E-state index contributed by atoms with van der Waals surface area (Å²) in [6, 6.07) is 10.1. The van der Waals surface area contributed by atoms with E-state index >= 15 is 0 Å². The molecule has 3 rings (SSSR count). The summed E-state index contributed by atoms with van der Waals surface area (Å²) < 4.78 is 47.0. The number of ether oxygens (including phenoxy) is 8. The molecule has 2 aliphatic rings. The zero-order valence-electron chi connectivity index (χ0n) is 38.7. The summed E-state index contributed by atoms with van der Waals surface area (Å²) in [6.07, 6.45) is 18.0. The zero-order valence-corrected chi connectivity index (χ0v) is 38.7. The third kappa shape index (κ3) is 21.5. The fourth-order valence-corrected chi connectivity index (χ4v) is 7.72. The minimum Gasteiger partial charge on any atom is -0.444 e. The van der Waals surface area contributed by atoms with Crippen molar-refractivity contribution in [2.75, 3.05) is 40.3 Å². The second kappa shape index (κ2) is 28.2. The molecule has 1 aromatic carbocycles. The van der Waals surface area contributed by atoms with E-state index in [-0.39, 0.29) is 30.8 Å². The van der Waals surface area contributed by atoms with Gasteiger partial charge in [0.1, 0.15) is 24.2 Å². The summed E-state index contributed by atoms with van der Waals surface area (Å²) >= 11 is 0. The molecule has 0 saturated carbocycles. The van der Waals surface area contributed by atoms with Crippen molar-refractivity contribution in [3.05, 3.63) is 35.9 Å². The summed E-state index contributed by atoms with van der Waals surface area (Å²) in [5.41, 5.74) is -0.0713. The molecule has 0 bridgehead atoms. The van der Waals surface area contributed by atoms with E-state index in [4.69, 9.17) is 37.9 Å². The van der Waals surface area contributed by atoms with E-state index in [0.717, 1.165) is 57.8 Å². The highest BCUT2D eigenvalue weighted by Crippen LogP contribution is 2.33. The summed E-state index contributed by atoms with van der Waals surface area (Å²) in [6.45, 7) is 16.3. The molecule has 2 saturated heterocycles. The van der Waals surface area contributed by atoms with Crippen LogP contribution in [-0.2, 0) is 49.3 Å². The summed E-state index contributed by atoms with van der Waals surface area (Å²) in [4.78, 5) is 27.2. The first kappa shape index (κ1) is 51.8. The molecule has 0 unspecified atom stereocenters. The van der Waals surface area contributed by atoms with E-state index in [0.29, 0.717) is 39.5 Å². The van der Waals surface area contributed by atoms with Crippen molar-refractivity contribution in [1.29, 1.82) is 0 Å². The Morgan fingerprint density at radius 2 is 1.38 bits per heavy atom. The normalized spacial score (nSPS) is 20.2. The van der Waals surface area contributed by atoms with Crippen molar-refractivity contribution >= 4 is 11.9 Å². The van der Waals surface area contributed by atoms with Crippen molar-refractivity contribution in [2.24, 2.45) is 0 Å². The van der Waals surface area contributed by atoms with Gasteiger partial charge in [0.25, 0.3) is 0 Å². The minimum atomic E-state index is -0.815. The molecule has 4 atom stereocenters. The van der Waals surface area contributed by atoms with Gasteiger partial charge >= 0.3 is 6.09 Å². The standard InChI is InChI=1S/C49H81NO10/c1-47(2,3)60-46(52)50-41(38-57-48(50,4)5)37-55-35-26-19-17-15-13-11-9-10-12-14-16-18-24-30-42(51)32-33-44-45(59-49(6,7)58-44)43(56-39-53-8)31-25-21-27-34-54-36-40-28-22-20-23-29-40/h20,22-23,28-29,41,43-45H,9-19,21,24-27,30-31,34-39H2,1-8H3/t41-,43+,44+,45-/m0/s1. The molecule has 2 aliphatic heterocycles. The van der Waals surface area contributed by atoms with Gasteiger partial charge in [-0.25, -0.2) is 4.79 Å². The van der Waals surface area contributed by atoms with Crippen LogP contribution in [0.3, 0.4) is 0 Å². The first-order valence-corrected chi connectivity index (χ1v) is 23.1. The molecule has 1 amide bonds. The smallest absolute Gasteiger partial charge is 0.412 e. The Balaban J connectivity index is 1.18. The van der Waals surface area contributed by atoms with Crippen molar-refractivity contribution in [2.45, 2.75) is 212 Å². The van der Waals surface area contributed by atoms with Gasteiger partial charge in [-0.15, -0.1) is 0 Å². The van der Waals surface area contributed by atoms with Gasteiger partial charge in [-0.3, -0.25) is 9.69 Å². The summed E-state index contributed by atoms with van der Waals surface area (Å²) in [7, 11) is 1.61. The molecular weight excluding hydrogens is 763 g/mol. The first-order chi connectivity index (χ1) is 28.7. The number of hydrogen-bond donors (Lipinski definition) is 0. The van der Waals surface area contributed by atoms with Crippen molar-refractivity contribution in [3.63, 3.8) is 0 Å². The number of Topliss-reactive ketones (excluding diaryl/α,β-unsaturated/α-hetero) is 1. The van der Waals surface area contributed by atoms with E-state index in [1.807, 2.05) is 66.7 Å². The first-order valence-electron chi connectivity index (χ1n) is 23.1. The number of ketones is 1. The van der Waals surface area contributed by atoms with Crippen molar-refractivity contribution in [3.8, 4) is 11.8 Å². The second-order valence-corrected chi connectivity index (χ2v) is 18.4. The average molecular weight is 844 g/mol. The van der Waals surface area contributed by atoms with Gasteiger partial charge in [-0.2, -0.15) is 0 Å². The van der Waals surface area contributed by atoms with Gasteiger partial charge in [0.2, 0.25) is 5.78 Å². The maximum atomic E-state index is 12.8. The number of hydrogen-bond acceptors (Lipinski definition) is 10. The number of carbonyl (C=O) groups is 2. The lowest BCUT2D eigenvalue weighted by molar-refractivity contribution is -0.170. The van der Waals surface area contributed by atoms with Crippen LogP contribution >= 0.6 is 0 Å². The third-order valence-electron chi connectivity index (χ3n) is 10.8. The molecule has 342 valence electrons. The van der Waals surface area contributed by atoms with E-state index in [2.05, 4.69) is 24.0 Å². The molecule has 0 aliphatic carbocycles. The van der Waals surface area contributed by atoms with Crippen LogP contribution in [0, 0.1) is 11.8 Å². The summed E-state index contributed by atoms with van der Waals surface area (Å²) in [5, 5.41) is 0. The average Bonchev–Trinajstić information content (AvgIpc) is 3.68. The Bertz CT molecular complexity index is 1380. The Morgan fingerprint density at radius 1 is 0.800 bits per heavy atom. The van der Waals surface area contributed by atoms with Crippen LogP contribution in [0.2, 0.25) is 0 Å². The SMILES string of the molecule is COCO[C@H](CCCCCOCc1ccccc1)[C@@H]1OC(C)(C)O[C@@H]1C#CC(=O)CCCCCCCCCCCCCCCOC[C@H]1COC(C)(C)N1C(=O)OC(C)(C)C. The monoisotopic (exact) mass is 844 g/mol. The van der Waals surface area contributed by atoms with Crippen LogP contribution in [-0.4, -0.2) is 98.6 Å². The van der Waals surface area contributed by atoms with E-state index < -0.39 is 29.3 Å². The number of rotatable bonds is 30. The number of carbonyl (C=O) groups excluding carboxylic acids is 2. The van der Waals surface area contributed by atoms with Gasteiger partial charge in [-0.05, 0) is 85.6 Å². The maximum Gasteiger partial charge on any atom is 0.412 e. The molecule has 1 aromatic rings. The number of methoxy groups -OCH3 is 1. The van der Waals surface area contributed by atoms with E-state index in [9.17, 15) is 9.59 Å². The fourth-order valence-electron chi connectivity index (χ4n) is 7.72. The Hall–Kier alpha value is -2.56. The van der Waals surface area contributed by atoms with Gasteiger partial charge in [0.15, 0.2) is 11.9 Å². The molecule has 11 nitrogen and oxygen atoms in total. The Morgan fingerprint density at radius 3 is 2.00 bits per heavy atom. The third-order valence-corrected chi connectivity index (χ3v) is 10.8. The molecule has 0 N–H and O–H groups in total. The van der Waals surface area contributed by atoms with E-state index in [1.54, 1.807) is 12.0 Å². The summed E-state index contributed by atoms with van der Waals surface area (Å²) in [5.74, 6) is 5.09. The van der Waals surface area contributed by atoms with Crippen molar-refractivity contribution < 1.29 is 47.5 Å². The molecule has 0 aromatic heterocycles. The quantitative estimate of drug-likeness (QED) is 0.0321. The molecular formula is C49H81NO10. The largest absolute Gasteiger partial charge is 0.444 e. The lowest BCUT2D eigenvalue weighted by atomic mass is 10.0. The molecule has 2 heterocycles. The van der Waals surface area contributed by atoms with Crippen LogP contribution in [0.15, 0.2) is 30.3 Å². The number of unbranched alkanes of at least 4 members (excludes halogenated alkanes) is 14. The zero-order chi connectivity index (χ0) is 43.7. The lowest BCUT2D eigenvalue weighted by Gasteiger charge is -2.35. The van der Waals surface area contributed by atoms with Gasteiger partial charge < -0.3 is 37.9 Å². The number of nitrogens with zero attached hydrogens (tertiary/aromatic N) is 1. The number of amides is 1. The van der Waals surface area contributed by atoms with Gasteiger partial charge in [0, 0.05) is 26.7 Å². The molecule has 2 fully saturated rings. The maximum absolute atomic E-state index is 12.8. The Kier molecular flexibility index (Phi) is 24.3. The minimum absolute atomic E-state index is 0.0469. The van der Waals surface area contributed by atoms with Crippen LogP contribution in [0.5, 0.6) is 0 Å². The van der Waals surface area contributed by atoms with Gasteiger partial charge in [0.05, 0.1) is 32.0 Å². The van der Waals surface area contributed by atoms with Crippen LogP contribution < -0.4 is 0 Å². The fraction of sp³-hybridized carbons (Fsp3) is 0.796. The predicted octanol–water partition coefficient (Wildman–Crippen LogP) is 10.7. The highest BCUT2D eigenvalue weighted by atomic mass is 16.8. The van der Waals surface area contributed by atoms with Crippen LogP contribution in [0.4, 0.5) is 4.79 Å². The predicted molar refractivity (Wildman–Crippen MR) is 235 cm³/mol. The topological polar surface area (TPSA) is 111 Å².